The van der Waals surface area contributed by atoms with Crippen LogP contribution in [0.3, 0.4) is 0 Å². The van der Waals surface area contributed by atoms with Gasteiger partial charge in [-0.3, -0.25) is 0 Å². The van der Waals surface area contributed by atoms with Crippen molar-refractivity contribution < 1.29 is 9.53 Å². The molecule has 0 aliphatic carbocycles. The van der Waals surface area contributed by atoms with Crippen LogP contribution in [0.4, 0.5) is 10.5 Å². The van der Waals surface area contributed by atoms with Crippen molar-refractivity contribution in [2.45, 2.75) is 13.1 Å². The molecule has 1 atom stereocenters. The third-order valence-corrected chi connectivity index (χ3v) is 2.91. The fraction of sp³-hybridized carbons (Fsp3) is 0.300. The van der Waals surface area contributed by atoms with Crippen molar-refractivity contribution >= 4 is 27.6 Å². The van der Waals surface area contributed by atoms with E-state index in [0.717, 1.165) is 10.2 Å². The van der Waals surface area contributed by atoms with E-state index in [4.69, 9.17) is 4.74 Å². The van der Waals surface area contributed by atoms with Crippen LogP contribution in [-0.2, 0) is 0 Å². The molecular weight excluding hydrogens is 274 g/mol. The Morgan fingerprint density at radius 1 is 1.50 bits per heavy atom. The van der Waals surface area contributed by atoms with Crippen molar-refractivity contribution in [3.8, 4) is 5.75 Å². The van der Waals surface area contributed by atoms with Gasteiger partial charge in [0, 0.05) is 6.07 Å². The summed E-state index contributed by atoms with van der Waals surface area (Å²) in [7, 11) is 1.59. The first kappa shape index (κ1) is 11.2. The lowest BCUT2D eigenvalue weighted by atomic mass is 10.3. The van der Waals surface area contributed by atoms with Gasteiger partial charge in [-0.1, -0.05) is 0 Å². The van der Waals surface area contributed by atoms with E-state index in [-0.39, 0.29) is 12.2 Å². The highest BCUT2D eigenvalue weighted by molar-refractivity contribution is 9.10. The molecule has 2 N–H and O–H groups in total. The Kier molecular flexibility index (Phi) is 3.02. The number of halogens is 1. The number of anilines is 1. The third-order valence-electron chi connectivity index (χ3n) is 2.26. The lowest BCUT2D eigenvalue weighted by Gasteiger charge is -2.16. The second-order valence-electron chi connectivity index (χ2n) is 3.45. The number of carbonyl (C=O) groups excluding carboxylic acids is 1. The molecule has 0 radical (unpaired) electrons. The molecule has 0 saturated carbocycles. The van der Waals surface area contributed by atoms with Crippen molar-refractivity contribution in [2.24, 2.45) is 0 Å². The number of hydrogen-bond donors (Lipinski definition) is 2. The van der Waals surface area contributed by atoms with Gasteiger partial charge in [-0.05, 0) is 35.0 Å². The predicted molar refractivity (Wildman–Crippen MR) is 64.3 cm³/mol. The first-order valence-corrected chi connectivity index (χ1v) is 5.61. The average molecular weight is 286 g/mol. The Bertz CT molecular complexity index is 425. The molecule has 0 aromatic heterocycles. The Morgan fingerprint density at radius 2 is 2.25 bits per heavy atom. The van der Waals surface area contributed by atoms with Crippen LogP contribution >= 0.6 is 15.9 Å². The number of urea groups is 1. The van der Waals surface area contributed by atoms with Gasteiger partial charge >= 0.3 is 6.03 Å². The molecular formula is C10H12BrN3O2. The van der Waals surface area contributed by atoms with E-state index < -0.39 is 0 Å². The van der Waals surface area contributed by atoms with Crippen molar-refractivity contribution in [2.75, 3.05) is 12.1 Å². The average Bonchev–Trinajstić information content (AvgIpc) is 2.59. The highest BCUT2D eigenvalue weighted by Crippen LogP contribution is 2.29. The zero-order chi connectivity index (χ0) is 11.7. The monoisotopic (exact) mass is 285 g/mol. The Labute approximate surface area is 102 Å². The number of amides is 2. The number of ether oxygens (including phenoxy) is 1. The van der Waals surface area contributed by atoms with Crippen LogP contribution in [0.15, 0.2) is 22.7 Å². The van der Waals surface area contributed by atoms with E-state index in [1.807, 2.05) is 19.1 Å². The minimum Gasteiger partial charge on any atom is -0.495 e. The molecule has 1 aromatic carbocycles. The van der Waals surface area contributed by atoms with Crippen LogP contribution < -0.4 is 20.5 Å². The van der Waals surface area contributed by atoms with Crippen LogP contribution in [-0.4, -0.2) is 19.3 Å². The Balaban J connectivity index is 2.30. The molecule has 0 spiro atoms. The quantitative estimate of drug-likeness (QED) is 0.872. The van der Waals surface area contributed by atoms with Crippen molar-refractivity contribution in [1.29, 1.82) is 0 Å². The topological polar surface area (TPSA) is 53.6 Å². The van der Waals surface area contributed by atoms with Crippen LogP contribution in [0.1, 0.15) is 6.92 Å². The summed E-state index contributed by atoms with van der Waals surface area (Å²) in [5.41, 5.74) is 3.73. The zero-order valence-electron chi connectivity index (χ0n) is 8.95. The van der Waals surface area contributed by atoms with Crippen LogP contribution in [0.25, 0.3) is 0 Å². The van der Waals surface area contributed by atoms with E-state index in [9.17, 15) is 4.79 Å². The fourth-order valence-electron chi connectivity index (χ4n) is 1.51. The third kappa shape index (κ3) is 1.98. The molecule has 16 heavy (non-hydrogen) atoms. The van der Waals surface area contributed by atoms with Gasteiger partial charge < -0.3 is 10.1 Å². The highest BCUT2D eigenvalue weighted by atomic mass is 79.9. The predicted octanol–water partition coefficient (Wildman–Crippen LogP) is 1.84. The van der Waals surface area contributed by atoms with Gasteiger partial charge in [0.05, 0.1) is 23.4 Å². The van der Waals surface area contributed by atoms with Crippen LogP contribution in [0, 0.1) is 0 Å². The van der Waals surface area contributed by atoms with Gasteiger partial charge in [0.2, 0.25) is 0 Å². The summed E-state index contributed by atoms with van der Waals surface area (Å²) in [5.74, 6) is 0.687. The van der Waals surface area contributed by atoms with Crippen molar-refractivity contribution in [1.82, 2.24) is 10.7 Å². The summed E-state index contributed by atoms with van der Waals surface area (Å²) in [5, 5.41) is 4.20. The largest absolute Gasteiger partial charge is 0.495 e. The molecule has 1 aliphatic rings. The molecule has 1 saturated heterocycles. The van der Waals surface area contributed by atoms with Gasteiger partial charge in [-0.2, -0.15) is 0 Å². The SMILES string of the molecule is COc1cc(N2NC(C)NC2=O)ccc1Br. The molecule has 1 aromatic rings. The van der Waals surface area contributed by atoms with E-state index >= 15 is 0 Å². The standard InChI is InChI=1S/C10H12BrN3O2/c1-6-12-10(15)14(13-6)7-3-4-8(11)9(5-7)16-2/h3-6,13H,1-2H3,(H,12,15). The lowest BCUT2D eigenvalue weighted by Crippen LogP contribution is -2.36. The maximum Gasteiger partial charge on any atom is 0.337 e. The van der Waals surface area contributed by atoms with E-state index in [2.05, 4.69) is 26.7 Å². The number of nitrogens with zero attached hydrogens (tertiary/aromatic N) is 1. The second-order valence-corrected chi connectivity index (χ2v) is 4.31. The number of hydrazine groups is 1. The summed E-state index contributed by atoms with van der Waals surface area (Å²) in [6.07, 6.45) is -0.0675. The first-order valence-electron chi connectivity index (χ1n) is 4.82. The number of carbonyl (C=O) groups is 1. The van der Waals surface area contributed by atoms with Crippen LogP contribution in [0.2, 0.25) is 0 Å². The van der Waals surface area contributed by atoms with Gasteiger partial charge in [0.15, 0.2) is 0 Å². The Hall–Kier alpha value is -1.27. The maximum absolute atomic E-state index is 11.6. The number of benzene rings is 1. The molecule has 5 nitrogen and oxygen atoms in total. The minimum atomic E-state index is -0.170. The first-order chi connectivity index (χ1) is 7.61. The zero-order valence-corrected chi connectivity index (χ0v) is 10.5. The molecule has 1 unspecified atom stereocenters. The number of hydrogen-bond acceptors (Lipinski definition) is 3. The number of rotatable bonds is 2. The van der Waals surface area contributed by atoms with Gasteiger partial charge in [-0.25, -0.2) is 15.2 Å². The maximum atomic E-state index is 11.6. The molecule has 6 heteroatoms. The highest BCUT2D eigenvalue weighted by Gasteiger charge is 2.26. The molecule has 1 heterocycles. The summed E-state index contributed by atoms with van der Waals surface area (Å²) in [4.78, 5) is 11.6. The molecule has 2 amide bonds. The number of nitrogens with one attached hydrogen (secondary N) is 2. The van der Waals surface area contributed by atoms with E-state index in [1.165, 1.54) is 5.01 Å². The molecule has 86 valence electrons. The van der Waals surface area contributed by atoms with E-state index in [0.29, 0.717) is 5.75 Å². The summed E-state index contributed by atoms with van der Waals surface area (Å²) in [6.45, 7) is 1.87. The summed E-state index contributed by atoms with van der Waals surface area (Å²) in [6, 6.07) is 5.29. The van der Waals surface area contributed by atoms with Crippen LogP contribution in [0.5, 0.6) is 5.75 Å². The minimum absolute atomic E-state index is 0.0675. The molecule has 2 rings (SSSR count). The fourth-order valence-corrected chi connectivity index (χ4v) is 1.92. The van der Waals surface area contributed by atoms with Crippen molar-refractivity contribution in [3.63, 3.8) is 0 Å². The number of methoxy groups -OCH3 is 1. The van der Waals surface area contributed by atoms with Gasteiger partial charge in [0.25, 0.3) is 0 Å². The van der Waals surface area contributed by atoms with Gasteiger partial charge in [-0.15, -0.1) is 0 Å². The molecule has 1 aliphatic heterocycles. The normalized spacial score (nSPS) is 19.8. The Morgan fingerprint density at radius 3 is 2.81 bits per heavy atom. The summed E-state index contributed by atoms with van der Waals surface area (Å²) >= 11 is 3.36. The van der Waals surface area contributed by atoms with Crippen molar-refractivity contribution in [3.05, 3.63) is 22.7 Å². The van der Waals surface area contributed by atoms with Gasteiger partial charge in [0.1, 0.15) is 5.75 Å². The van der Waals surface area contributed by atoms with E-state index in [1.54, 1.807) is 13.2 Å². The second kappa shape index (κ2) is 4.31. The molecule has 1 fully saturated rings. The lowest BCUT2D eigenvalue weighted by molar-refractivity contribution is 0.251. The summed E-state index contributed by atoms with van der Waals surface area (Å²) < 4.78 is 6.03. The smallest absolute Gasteiger partial charge is 0.337 e. The molecule has 0 bridgehead atoms.